The maximum absolute atomic E-state index is 12.8. The van der Waals surface area contributed by atoms with E-state index in [9.17, 15) is 22.8 Å². The standard InChI is InChI=1S/C23H17F3N2O4/c24-23(25,26)15-7-5-14(6-8-15)11-21(29)28-18-4-2-1-3-17(18)22(30)27-16-9-10-19-20(12-16)32-13-31-19/h1-10,12H,11,13H2,(H,27,30)(H,28,29). The molecule has 32 heavy (non-hydrogen) atoms. The van der Waals surface area contributed by atoms with E-state index in [4.69, 9.17) is 9.47 Å². The van der Waals surface area contributed by atoms with Crippen molar-refractivity contribution in [2.24, 2.45) is 0 Å². The Labute approximate surface area is 181 Å². The van der Waals surface area contributed by atoms with Gasteiger partial charge in [-0.05, 0) is 42.0 Å². The van der Waals surface area contributed by atoms with E-state index in [1.807, 2.05) is 0 Å². The van der Waals surface area contributed by atoms with Crippen molar-refractivity contribution < 1.29 is 32.2 Å². The van der Waals surface area contributed by atoms with E-state index in [-0.39, 0.29) is 24.5 Å². The minimum atomic E-state index is -4.44. The molecule has 0 aromatic heterocycles. The molecule has 0 radical (unpaired) electrons. The van der Waals surface area contributed by atoms with Gasteiger partial charge in [0.05, 0.1) is 23.2 Å². The van der Waals surface area contributed by atoms with Crippen molar-refractivity contribution in [1.82, 2.24) is 0 Å². The smallest absolute Gasteiger partial charge is 0.416 e. The van der Waals surface area contributed by atoms with Gasteiger partial charge in [-0.1, -0.05) is 24.3 Å². The zero-order valence-electron chi connectivity index (χ0n) is 16.5. The van der Waals surface area contributed by atoms with Crippen LogP contribution in [0.4, 0.5) is 24.5 Å². The maximum Gasteiger partial charge on any atom is 0.416 e. The predicted octanol–water partition coefficient (Wildman–Crippen LogP) is 4.87. The molecule has 3 aromatic carbocycles. The normalized spacial score (nSPS) is 12.3. The highest BCUT2D eigenvalue weighted by Crippen LogP contribution is 2.34. The Bertz CT molecular complexity index is 1160. The van der Waals surface area contributed by atoms with E-state index in [1.165, 1.54) is 12.1 Å². The fourth-order valence-electron chi connectivity index (χ4n) is 3.15. The van der Waals surface area contributed by atoms with Crippen LogP contribution >= 0.6 is 0 Å². The fourth-order valence-corrected chi connectivity index (χ4v) is 3.15. The van der Waals surface area contributed by atoms with E-state index >= 15 is 0 Å². The Morgan fingerprint density at radius 2 is 1.59 bits per heavy atom. The maximum atomic E-state index is 12.8. The van der Waals surface area contributed by atoms with Crippen molar-refractivity contribution >= 4 is 23.2 Å². The predicted molar refractivity (Wildman–Crippen MR) is 111 cm³/mol. The van der Waals surface area contributed by atoms with Gasteiger partial charge in [0.2, 0.25) is 12.7 Å². The van der Waals surface area contributed by atoms with Crippen LogP contribution in [0.3, 0.4) is 0 Å². The van der Waals surface area contributed by atoms with E-state index in [1.54, 1.807) is 42.5 Å². The third-order valence-corrected chi connectivity index (χ3v) is 4.72. The molecule has 0 saturated heterocycles. The lowest BCUT2D eigenvalue weighted by atomic mass is 10.1. The molecular formula is C23H17F3N2O4. The third kappa shape index (κ3) is 4.83. The second kappa shape index (κ2) is 8.62. The minimum Gasteiger partial charge on any atom is -0.454 e. The van der Waals surface area contributed by atoms with Gasteiger partial charge < -0.3 is 20.1 Å². The topological polar surface area (TPSA) is 76.7 Å². The number of rotatable bonds is 5. The Morgan fingerprint density at radius 3 is 2.34 bits per heavy atom. The van der Waals surface area contributed by atoms with Crippen molar-refractivity contribution in [2.75, 3.05) is 17.4 Å². The highest BCUT2D eigenvalue weighted by atomic mass is 19.4. The SMILES string of the molecule is O=C(Cc1ccc(C(F)(F)F)cc1)Nc1ccccc1C(=O)Nc1ccc2c(c1)OCO2. The Kier molecular flexibility index (Phi) is 5.72. The van der Waals surface area contributed by atoms with E-state index < -0.39 is 23.6 Å². The summed E-state index contributed by atoms with van der Waals surface area (Å²) in [5.74, 6) is 0.183. The molecule has 0 fully saturated rings. The molecule has 0 atom stereocenters. The first-order chi connectivity index (χ1) is 15.3. The molecule has 6 nitrogen and oxygen atoms in total. The van der Waals surface area contributed by atoms with Crippen molar-refractivity contribution in [1.29, 1.82) is 0 Å². The van der Waals surface area contributed by atoms with Crippen LogP contribution in [-0.4, -0.2) is 18.6 Å². The van der Waals surface area contributed by atoms with Crippen LogP contribution in [0.2, 0.25) is 0 Å². The summed E-state index contributed by atoms with van der Waals surface area (Å²) in [6.07, 6.45) is -4.58. The molecule has 0 unspecified atom stereocenters. The number of benzene rings is 3. The van der Waals surface area contributed by atoms with Gasteiger partial charge in [-0.3, -0.25) is 9.59 Å². The number of nitrogens with one attached hydrogen (secondary N) is 2. The molecular weight excluding hydrogens is 425 g/mol. The molecule has 1 aliphatic rings. The average Bonchev–Trinajstić information content (AvgIpc) is 3.21. The number of alkyl halides is 3. The number of hydrogen-bond donors (Lipinski definition) is 2. The number of fused-ring (bicyclic) bond motifs is 1. The quantitative estimate of drug-likeness (QED) is 0.591. The van der Waals surface area contributed by atoms with Crippen LogP contribution < -0.4 is 20.1 Å². The van der Waals surface area contributed by atoms with Gasteiger partial charge in [-0.25, -0.2) is 0 Å². The molecule has 2 amide bonds. The first kappa shape index (κ1) is 21.2. The highest BCUT2D eigenvalue weighted by Gasteiger charge is 2.30. The molecule has 4 rings (SSSR count). The summed E-state index contributed by atoms with van der Waals surface area (Å²) in [7, 11) is 0. The summed E-state index contributed by atoms with van der Waals surface area (Å²) < 4.78 is 48.6. The van der Waals surface area contributed by atoms with Crippen molar-refractivity contribution in [3.63, 3.8) is 0 Å². The minimum absolute atomic E-state index is 0.112. The van der Waals surface area contributed by atoms with Crippen LogP contribution in [0.1, 0.15) is 21.5 Å². The molecule has 164 valence electrons. The number of hydrogen-bond acceptors (Lipinski definition) is 4. The zero-order valence-corrected chi connectivity index (χ0v) is 16.5. The largest absolute Gasteiger partial charge is 0.454 e. The number of amides is 2. The van der Waals surface area contributed by atoms with Gasteiger partial charge in [0.25, 0.3) is 5.91 Å². The Hall–Kier alpha value is -4.01. The summed E-state index contributed by atoms with van der Waals surface area (Å²) in [6, 6.07) is 15.8. The van der Waals surface area contributed by atoms with E-state index in [0.717, 1.165) is 12.1 Å². The van der Waals surface area contributed by atoms with Crippen molar-refractivity contribution in [3.8, 4) is 11.5 Å². The average molecular weight is 442 g/mol. The molecule has 3 aromatic rings. The highest BCUT2D eigenvalue weighted by molar-refractivity contribution is 6.10. The molecule has 2 N–H and O–H groups in total. The van der Waals surface area contributed by atoms with Gasteiger partial charge >= 0.3 is 6.18 Å². The third-order valence-electron chi connectivity index (χ3n) is 4.72. The van der Waals surface area contributed by atoms with Crippen molar-refractivity contribution in [2.45, 2.75) is 12.6 Å². The lowest BCUT2D eigenvalue weighted by Crippen LogP contribution is -2.19. The van der Waals surface area contributed by atoms with Crippen molar-refractivity contribution in [3.05, 3.63) is 83.4 Å². The summed E-state index contributed by atoms with van der Waals surface area (Å²) in [6.45, 7) is 0.112. The fraction of sp³-hybridized carbons (Fsp3) is 0.130. The summed E-state index contributed by atoms with van der Waals surface area (Å²) in [4.78, 5) is 25.2. The van der Waals surface area contributed by atoms with Crippen LogP contribution in [0.5, 0.6) is 11.5 Å². The molecule has 1 heterocycles. The number of para-hydroxylation sites is 1. The Balaban J connectivity index is 1.43. The molecule has 1 aliphatic heterocycles. The van der Waals surface area contributed by atoms with Crippen LogP contribution in [0, 0.1) is 0 Å². The first-order valence-corrected chi connectivity index (χ1v) is 9.55. The van der Waals surface area contributed by atoms with Gasteiger partial charge in [0.15, 0.2) is 11.5 Å². The summed E-state index contributed by atoms with van der Waals surface area (Å²) in [5.41, 5.74) is 0.628. The molecule has 0 spiro atoms. The molecule has 9 heteroatoms. The lowest BCUT2D eigenvalue weighted by molar-refractivity contribution is -0.137. The number of carbonyl (C=O) groups is 2. The Morgan fingerprint density at radius 1 is 0.875 bits per heavy atom. The summed E-state index contributed by atoms with van der Waals surface area (Å²) >= 11 is 0. The molecule has 0 bridgehead atoms. The van der Waals surface area contributed by atoms with Gasteiger partial charge in [0, 0.05) is 11.8 Å². The number of ether oxygens (including phenoxy) is 2. The van der Waals surface area contributed by atoms with Gasteiger partial charge in [0.1, 0.15) is 0 Å². The first-order valence-electron chi connectivity index (χ1n) is 9.55. The number of anilines is 2. The lowest BCUT2D eigenvalue weighted by Gasteiger charge is -2.12. The number of carbonyl (C=O) groups excluding carboxylic acids is 2. The van der Waals surface area contributed by atoms with E-state index in [0.29, 0.717) is 22.7 Å². The zero-order chi connectivity index (χ0) is 22.7. The van der Waals surface area contributed by atoms with Crippen LogP contribution in [-0.2, 0) is 17.4 Å². The van der Waals surface area contributed by atoms with Gasteiger partial charge in [-0.2, -0.15) is 13.2 Å². The van der Waals surface area contributed by atoms with Crippen LogP contribution in [0.15, 0.2) is 66.7 Å². The second-order valence-electron chi connectivity index (χ2n) is 6.99. The molecule has 0 aliphatic carbocycles. The van der Waals surface area contributed by atoms with E-state index in [2.05, 4.69) is 10.6 Å². The van der Waals surface area contributed by atoms with Crippen LogP contribution in [0.25, 0.3) is 0 Å². The monoisotopic (exact) mass is 442 g/mol. The summed E-state index contributed by atoms with van der Waals surface area (Å²) in [5, 5.41) is 5.38. The van der Waals surface area contributed by atoms with Gasteiger partial charge in [-0.15, -0.1) is 0 Å². The molecule has 0 saturated carbocycles. The number of halogens is 3. The second-order valence-corrected chi connectivity index (χ2v) is 6.99.